The highest BCUT2D eigenvalue weighted by Gasteiger charge is 2.62. The first kappa shape index (κ1) is 14.3. The first-order valence-corrected chi connectivity index (χ1v) is 8.04. The summed E-state index contributed by atoms with van der Waals surface area (Å²) in [6, 6.07) is 5.29. The van der Waals surface area contributed by atoms with Crippen molar-refractivity contribution in [3.63, 3.8) is 0 Å². The third-order valence-electron chi connectivity index (χ3n) is 5.47. The fraction of sp³-hybridized carbons (Fsp3) is 0.444. The summed E-state index contributed by atoms with van der Waals surface area (Å²) in [6.07, 6.45) is 6.88. The molecule has 1 aliphatic carbocycles. The predicted molar refractivity (Wildman–Crippen MR) is 85.8 cm³/mol. The van der Waals surface area contributed by atoms with Crippen LogP contribution in [0, 0.1) is 11.3 Å². The number of alkyl halides is 1. The van der Waals surface area contributed by atoms with Crippen LogP contribution < -0.4 is 4.74 Å². The Kier molecular flexibility index (Phi) is 2.98. The van der Waals surface area contributed by atoms with Crippen LogP contribution in [-0.4, -0.2) is 25.0 Å². The van der Waals surface area contributed by atoms with Gasteiger partial charge in [0.15, 0.2) is 5.67 Å². The van der Waals surface area contributed by atoms with Crippen LogP contribution >= 0.6 is 11.6 Å². The lowest BCUT2D eigenvalue weighted by Crippen LogP contribution is -2.44. The maximum atomic E-state index is 16.4. The summed E-state index contributed by atoms with van der Waals surface area (Å²) in [5.41, 5.74) is -1.41. The fourth-order valence-corrected chi connectivity index (χ4v) is 4.56. The van der Waals surface area contributed by atoms with E-state index in [2.05, 4.69) is 11.0 Å². The van der Waals surface area contributed by atoms with Crippen LogP contribution in [0.25, 0.3) is 0 Å². The standard InChI is InChI=1S/C18H19ClFNO/c1-17-10-21(2)11-18(17,20)14-9-12(19)7-8-16(14)22-15-6-4-3-5-13(15)17/h3-4,6-9,13H,5,10-11H2,1-2H3/t13?,17-,18+/m1/s1. The molecule has 0 N–H and O–H groups in total. The zero-order valence-corrected chi connectivity index (χ0v) is 13.5. The number of likely N-dealkylation sites (tertiary alicyclic amines) is 1. The Balaban J connectivity index is 1.99. The van der Waals surface area contributed by atoms with Crippen LogP contribution in [0.4, 0.5) is 4.39 Å². The van der Waals surface area contributed by atoms with E-state index in [1.54, 1.807) is 18.2 Å². The molecule has 2 heterocycles. The third-order valence-corrected chi connectivity index (χ3v) is 5.70. The van der Waals surface area contributed by atoms with Crippen molar-refractivity contribution in [2.45, 2.75) is 19.0 Å². The first-order valence-electron chi connectivity index (χ1n) is 7.66. The van der Waals surface area contributed by atoms with Crippen molar-refractivity contribution < 1.29 is 9.13 Å². The largest absolute Gasteiger partial charge is 0.461 e. The van der Waals surface area contributed by atoms with E-state index in [0.717, 1.165) is 12.2 Å². The molecule has 0 saturated carbocycles. The molecule has 0 aromatic heterocycles. The SMILES string of the molecule is CN1C[C@]2(F)c3cc(Cl)ccc3OC3=CC=CCC3[C@@]2(C)C1. The third kappa shape index (κ3) is 1.76. The summed E-state index contributed by atoms with van der Waals surface area (Å²) in [5, 5.41) is 0.549. The minimum Gasteiger partial charge on any atom is -0.461 e. The molecule has 0 bridgehead atoms. The van der Waals surface area contributed by atoms with Crippen molar-refractivity contribution in [3.8, 4) is 5.75 Å². The van der Waals surface area contributed by atoms with E-state index in [9.17, 15) is 0 Å². The number of hydrogen-bond acceptors (Lipinski definition) is 2. The number of rotatable bonds is 0. The quantitative estimate of drug-likeness (QED) is 0.706. The molecule has 1 fully saturated rings. The van der Waals surface area contributed by atoms with E-state index in [1.807, 2.05) is 26.1 Å². The normalized spacial score (nSPS) is 36.7. The number of allylic oxidation sites excluding steroid dienone is 4. The second-order valence-electron chi connectivity index (χ2n) is 6.92. The number of likely N-dealkylation sites (N-methyl/N-ethyl adjacent to an activating group) is 1. The summed E-state index contributed by atoms with van der Waals surface area (Å²) in [5.74, 6) is 1.50. The molecule has 1 aromatic rings. The van der Waals surface area contributed by atoms with Gasteiger partial charge < -0.3 is 9.64 Å². The lowest BCUT2D eigenvalue weighted by atomic mass is 9.63. The van der Waals surface area contributed by atoms with Crippen molar-refractivity contribution in [2.24, 2.45) is 11.3 Å². The summed E-state index contributed by atoms with van der Waals surface area (Å²) in [4.78, 5) is 2.08. The summed E-state index contributed by atoms with van der Waals surface area (Å²) >= 11 is 6.15. The lowest BCUT2D eigenvalue weighted by molar-refractivity contribution is 0.0119. The Morgan fingerprint density at radius 1 is 1.36 bits per heavy atom. The smallest absolute Gasteiger partial charge is 0.159 e. The maximum absolute atomic E-state index is 16.4. The number of hydrogen-bond donors (Lipinski definition) is 0. The van der Waals surface area contributed by atoms with E-state index in [-0.39, 0.29) is 5.92 Å². The van der Waals surface area contributed by atoms with Gasteiger partial charge in [-0.05, 0) is 37.7 Å². The van der Waals surface area contributed by atoms with Gasteiger partial charge >= 0.3 is 0 Å². The average Bonchev–Trinajstić information content (AvgIpc) is 2.68. The molecule has 22 heavy (non-hydrogen) atoms. The monoisotopic (exact) mass is 319 g/mol. The van der Waals surface area contributed by atoms with E-state index in [4.69, 9.17) is 16.3 Å². The zero-order valence-electron chi connectivity index (χ0n) is 12.8. The second kappa shape index (κ2) is 4.59. The van der Waals surface area contributed by atoms with Crippen LogP contribution in [0.1, 0.15) is 18.9 Å². The Hall–Kier alpha value is -1.32. The van der Waals surface area contributed by atoms with E-state index >= 15 is 4.39 Å². The number of nitrogens with zero attached hydrogens (tertiary/aromatic N) is 1. The molecule has 0 radical (unpaired) electrons. The Morgan fingerprint density at radius 2 is 2.18 bits per heavy atom. The fourth-order valence-electron chi connectivity index (χ4n) is 4.39. The molecule has 2 nitrogen and oxygen atoms in total. The van der Waals surface area contributed by atoms with Crippen LogP contribution in [0.5, 0.6) is 5.75 Å². The number of benzene rings is 1. The molecule has 3 atom stereocenters. The van der Waals surface area contributed by atoms with Gasteiger partial charge in [-0.15, -0.1) is 0 Å². The number of halogens is 2. The van der Waals surface area contributed by atoms with E-state index in [1.165, 1.54) is 0 Å². The van der Waals surface area contributed by atoms with Crippen LogP contribution in [-0.2, 0) is 5.67 Å². The van der Waals surface area contributed by atoms with Gasteiger partial charge in [-0.1, -0.05) is 30.7 Å². The van der Waals surface area contributed by atoms with Crippen molar-refractivity contribution >= 4 is 11.6 Å². The lowest BCUT2D eigenvalue weighted by Gasteiger charge is -2.41. The Bertz CT molecular complexity index is 700. The van der Waals surface area contributed by atoms with E-state index in [0.29, 0.717) is 29.4 Å². The van der Waals surface area contributed by atoms with Gasteiger partial charge in [0.1, 0.15) is 11.5 Å². The highest BCUT2D eigenvalue weighted by atomic mass is 35.5. The Morgan fingerprint density at radius 3 is 3.00 bits per heavy atom. The van der Waals surface area contributed by atoms with Gasteiger partial charge in [0.05, 0.1) is 0 Å². The van der Waals surface area contributed by atoms with Crippen LogP contribution in [0.15, 0.2) is 42.2 Å². The van der Waals surface area contributed by atoms with Crippen LogP contribution in [0.2, 0.25) is 5.02 Å². The van der Waals surface area contributed by atoms with Crippen molar-refractivity contribution in [2.75, 3.05) is 20.1 Å². The summed E-state index contributed by atoms with van der Waals surface area (Å²) in [6.45, 7) is 3.12. The molecule has 4 heteroatoms. The minimum atomic E-state index is -1.46. The predicted octanol–water partition coefficient (Wildman–Crippen LogP) is 4.31. The molecule has 3 aliphatic rings. The second-order valence-corrected chi connectivity index (χ2v) is 7.36. The molecule has 0 spiro atoms. The molecule has 116 valence electrons. The molecule has 1 unspecified atom stereocenters. The summed E-state index contributed by atoms with van der Waals surface area (Å²) < 4.78 is 22.5. The van der Waals surface area contributed by atoms with Crippen molar-refractivity contribution in [3.05, 3.63) is 52.8 Å². The highest BCUT2D eigenvalue weighted by Crippen LogP contribution is 2.60. The molecule has 1 saturated heterocycles. The van der Waals surface area contributed by atoms with Crippen molar-refractivity contribution in [1.29, 1.82) is 0 Å². The van der Waals surface area contributed by atoms with Gasteiger partial charge in [-0.2, -0.15) is 0 Å². The highest BCUT2D eigenvalue weighted by molar-refractivity contribution is 6.30. The van der Waals surface area contributed by atoms with Gasteiger partial charge in [-0.3, -0.25) is 0 Å². The molecule has 0 amide bonds. The molecule has 2 aliphatic heterocycles. The number of ether oxygens (including phenoxy) is 1. The molecule has 1 aromatic carbocycles. The van der Waals surface area contributed by atoms with Gasteiger partial charge in [0.2, 0.25) is 0 Å². The van der Waals surface area contributed by atoms with Crippen molar-refractivity contribution in [1.82, 2.24) is 4.90 Å². The van der Waals surface area contributed by atoms with E-state index < -0.39 is 11.1 Å². The number of fused-ring (bicyclic) bond motifs is 5. The Labute approximate surface area is 135 Å². The van der Waals surface area contributed by atoms with Gasteiger partial charge in [0, 0.05) is 35.0 Å². The molecular formula is C18H19ClFNO. The molecular weight excluding hydrogens is 301 g/mol. The van der Waals surface area contributed by atoms with Gasteiger partial charge in [-0.25, -0.2) is 4.39 Å². The minimum absolute atomic E-state index is 0.0404. The maximum Gasteiger partial charge on any atom is 0.159 e. The average molecular weight is 320 g/mol. The van der Waals surface area contributed by atoms with Crippen LogP contribution in [0.3, 0.4) is 0 Å². The zero-order chi connectivity index (χ0) is 15.5. The summed E-state index contributed by atoms with van der Waals surface area (Å²) in [7, 11) is 1.98. The topological polar surface area (TPSA) is 12.5 Å². The van der Waals surface area contributed by atoms with Gasteiger partial charge in [0.25, 0.3) is 0 Å². The molecule has 4 rings (SSSR count). The first-order chi connectivity index (χ1) is 10.4.